The Bertz CT molecular complexity index is 653. The summed E-state index contributed by atoms with van der Waals surface area (Å²) < 4.78 is 16.9. The minimum absolute atomic E-state index is 0.407. The molecule has 1 saturated heterocycles. The Morgan fingerprint density at radius 1 is 1.30 bits per heavy atom. The maximum atomic E-state index is 5.95. The van der Waals surface area contributed by atoms with Crippen molar-refractivity contribution in [2.75, 3.05) is 52.7 Å². The fourth-order valence-corrected chi connectivity index (χ4v) is 3.54. The lowest BCUT2D eigenvalue weighted by molar-refractivity contribution is -0.0174. The molecule has 0 spiro atoms. The van der Waals surface area contributed by atoms with Crippen LogP contribution in [0.4, 0.5) is 0 Å². The fourth-order valence-electron chi connectivity index (χ4n) is 3.54. The normalized spacial score (nSPS) is 18.8. The van der Waals surface area contributed by atoms with Gasteiger partial charge in [-0.25, -0.2) is 4.99 Å². The molecule has 2 atom stereocenters. The highest BCUT2D eigenvalue weighted by atomic mass is 16.5. The van der Waals surface area contributed by atoms with Gasteiger partial charge in [0.15, 0.2) is 5.96 Å². The molecule has 1 fully saturated rings. The van der Waals surface area contributed by atoms with Crippen LogP contribution in [0, 0.1) is 6.92 Å². The number of ether oxygens (including phenoxy) is 3. The number of benzene rings is 1. The molecule has 7 nitrogen and oxygen atoms in total. The van der Waals surface area contributed by atoms with E-state index in [0.717, 1.165) is 50.1 Å². The van der Waals surface area contributed by atoms with Crippen molar-refractivity contribution in [3.8, 4) is 5.75 Å². The third-order valence-corrected chi connectivity index (χ3v) is 5.21. The van der Waals surface area contributed by atoms with E-state index in [1.807, 2.05) is 6.92 Å². The number of nitrogens with zero attached hydrogens (tertiary/aromatic N) is 2. The first-order valence-corrected chi connectivity index (χ1v) is 11.2. The van der Waals surface area contributed by atoms with Crippen LogP contribution in [-0.4, -0.2) is 75.6 Å². The molecule has 0 aromatic heterocycles. The van der Waals surface area contributed by atoms with Crippen LogP contribution < -0.4 is 15.4 Å². The van der Waals surface area contributed by atoms with Gasteiger partial charge in [0.2, 0.25) is 0 Å². The highest BCUT2D eigenvalue weighted by Gasteiger charge is 2.23. The molecular weight excluding hydrogens is 380 g/mol. The monoisotopic (exact) mass is 420 g/mol. The topological polar surface area (TPSA) is 67.4 Å². The Morgan fingerprint density at radius 2 is 2.13 bits per heavy atom. The molecule has 170 valence electrons. The molecule has 2 N–H and O–H groups in total. The van der Waals surface area contributed by atoms with Crippen LogP contribution in [0.2, 0.25) is 0 Å². The van der Waals surface area contributed by atoms with E-state index in [9.17, 15) is 0 Å². The maximum absolute atomic E-state index is 5.95. The molecule has 1 aliphatic heterocycles. The molecule has 2 unspecified atom stereocenters. The number of hydrogen-bond donors (Lipinski definition) is 2. The van der Waals surface area contributed by atoms with Crippen molar-refractivity contribution in [3.05, 3.63) is 29.3 Å². The van der Waals surface area contributed by atoms with Crippen LogP contribution >= 0.6 is 0 Å². The molecule has 0 amide bonds. The lowest BCUT2D eigenvalue weighted by Crippen LogP contribution is -2.53. The first kappa shape index (κ1) is 24.4. The molecule has 0 radical (unpaired) electrons. The fraction of sp³-hybridized carbons (Fsp3) is 0.696. The Balaban J connectivity index is 1.96. The van der Waals surface area contributed by atoms with Gasteiger partial charge in [0, 0.05) is 43.9 Å². The van der Waals surface area contributed by atoms with Gasteiger partial charge in [-0.1, -0.05) is 12.1 Å². The van der Waals surface area contributed by atoms with E-state index in [2.05, 4.69) is 61.4 Å². The smallest absolute Gasteiger partial charge is 0.191 e. The second-order valence-electron chi connectivity index (χ2n) is 7.74. The van der Waals surface area contributed by atoms with Crippen molar-refractivity contribution < 1.29 is 14.2 Å². The first-order valence-electron chi connectivity index (χ1n) is 11.2. The molecule has 0 bridgehead atoms. The summed E-state index contributed by atoms with van der Waals surface area (Å²) in [5.74, 6) is 1.70. The van der Waals surface area contributed by atoms with E-state index >= 15 is 0 Å². The molecule has 1 aromatic rings. The summed E-state index contributed by atoms with van der Waals surface area (Å²) in [6.07, 6.45) is 0. The third kappa shape index (κ3) is 8.13. The van der Waals surface area contributed by atoms with Gasteiger partial charge >= 0.3 is 0 Å². The molecule has 1 aliphatic rings. The van der Waals surface area contributed by atoms with Crippen molar-refractivity contribution in [1.82, 2.24) is 15.5 Å². The molecule has 7 heteroatoms. The summed E-state index contributed by atoms with van der Waals surface area (Å²) in [4.78, 5) is 7.28. The second-order valence-corrected chi connectivity index (χ2v) is 7.74. The van der Waals surface area contributed by atoms with E-state index in [-0.39, 0.29) is 0 Å². The van der Waals surface area contributed by atoms with Crippen LogP contribution in [0.25, 0.3) is 0 Å². The van der Waals surface area contributed by atoms with E-state index < -0.39 is 0 Å². The molecule has 0 saturated carbocycles. The largest absolute Gasteiger partial charge is 0.491 e. The van der Waals surface area contributed by atoms with Crippen LogP contribution in [0.3, 0.4) is 0 Å². The zero-order chi connectivity index (χ0) is 21.8. The average Bonchev–Trinajstić information content (AvgIpc) is 2.74. The molecule has 1 heterocycles. The van der Waals surface area contributed by atoms with Gasteiger partial charge in [0.05, 0.1) is 26.4 Å². The molecule has 30 heavy (non-hydrogen) atoms. The number of morpholine rings is 1. The second kappa shape index (κ2) is 13.5. The summed E-state index contributed by atoms with van der Waals surface area (Å²) >= 11 is 0. The molecule has 1 aromatic carbocycles. The van der Waals surface area contributed by atoms with Gasteiger partial charge < -0.3 is 24.8 Å². The lowest BCUT2D eigenvalue weighted by Gasteiger charge is -2.38. The molecular formula is C23H40N4O3. The van der Waals surface area contributed by atoms with Crippen molar-refractivity contribution in [1.29, 1.82) is 0 Å². The van der Waals surface area contributed by atoms with Crippen LogP contribution in [0.1, 0.15) is 38.8 Å². The Kier molecular flexibility index (Phi) is 11.0. The van der Waals surface area contributed by atoms with Gasteiger partial charge in [-0.15, -0.1) is 0 Å². The zero-order valence-electron chi connectivity index (χ0n) is 19.4. The van der Waals surface area contributed by atoms with Crippen LogP contribution in [-0.2, 0) is 16.0 Å². The Morgan fingerprint density at radius 3 is 2.87 bits per heavy atom. The van der Waals surface area contributed by atoms with Crippen LogP contribution in [0.15, 0.2) is 23.2 Å². The predicted octanol–water partition coefficient (Wildman–Crippen LogP) is 2.57. The summed E-state index contributed by atoms with van der Waals surface area (Å²) in [6, 6.07) is 7.11. The highest BCUT2D eigenvalue weighted by molar-refractivity contribution is 5.79. The van der Waals surface area contributed by atoms with E-state index in [1.165, 1.54) is 5.56 Å². The standard InChI is InChI=1S/C23H40N4O3/c1-6-24-23(25-15-19(4)27-10-11-29-17-20(27)5)26-16-21-9-8-18(3)14-22(21)30-13-12-28-7-2/h8-9,14,19-20H,6-7,10-13,15-17H2,1-5H3,(H2,24,25,26). The SMILES string of the molecule is CCNC(=NCc1ccc(C)cc1OCCOCC)NCC(C)N1CCOCC1C. The van der Waals surface area contributed by atoms with Crippen molar-refractivity contribution >= 4 is 5.96 Å². The van der Waals surface area contributed by atoms with E-state index in [1.54, 1.807) is 0 Å². The Hall–Kier alpha value is -1.83. The molecule has 0 aliphatic carbocycles. The summed E-state index contributed by atoms with van der Waals surface area (Å²) in [7, 11) is 0. The number of guanidine groups is 1. The number of hydrogen-bond acceptors (Lipinski definition) is 5. The minimum Gasteiger partial charge on any atom is -0.491 e. The Labute approximate surface area is 182 Å². The number of aliphatic imine (C=N–C) groups is 1. The van der Waals surface area contributed by atoms with Crippen molar-refractivity contribution in [2.24, 2.45) is 4.99 Å². The summed E-state index contributed by atoms with van der Waals surface area (Å²) in [5, 5.41) is 6.84. The third-order valence-electron chi connectivity index (χ3n) is 5.21. The quantitative estimate of drug-likeness (QED) is 0.326. The van der Waals surface area contributed by atoms with Gasteiger partial charge in [0.25, 0.3) is 0 Å². The number of rotatable bonds is 11. The minimum atomic E-state index is 0.407. The van der Waals surface area contributed by atoms with Crippen molar-refractivity contribution in [3.63, 3.8) is 0 Å². The number of nitrogens with one attached hydrogen (secondary N) is 2. The first-order chi connectivity index (χ1) is 14.5. The lowest BCUT2D eigenvalue weighted by atomic mass is 10.1. The van der Waals surface area contributed by atoms with Crippen molar-refractivity contribution in [2.45, 2.75) is 53.2 Å². The van der Waals surface area contributed by atoms with Crippen LogP contribution in [0.5, 0.6) is 5.75 Å². The highest BCUT2D eigenvalue weighted by Crippen LogP contribution is 2.21. The van der Waals surface area contributed by atoms with Gasteiger partial charge in [-0.2, -0.15) is 0 Å². The van der Waals surface area contributed by atoms with Gasteiger partial charge in [-0.3, -0.25) is 4.90 Å². The van der Waals surface area contributed by atoms with E-state index in [4.69, 9.17) is 19.2 Å². The molecule has 2 rings (SSSR count). The summed E-state index contributed by atoms with van der Waals surface area (Å²) in [6.45, 7) is 17.3. The number of aryl methyl sites for hydroxylation is 1. The van der Waals surface area contributed by atoms with E-state index in [0.29, 0.717) is 38.4 Å². The maximum Gasteiger partial charge on any atom is 0.191 e. The van der Waals surface area contributed by atoms with Gasteiger partial charge in [-0.05, 0) is 46.2 Å². The average molecular weight is 421 g/mol. The zero-order valence-corrected chi connectivity index (χ0v) is 19.4. The van der Waals surface area contributed by atoms with Gasteiger partial charge in [0.1, 0.15) is 12.4 Å². The predicted molar refractivity (Wildman–Crippen MR) is 122 cm³/mol. The summed E-state index contributed by atoms with van der Waals surface area (Å²) in [5.41, 5.74) is 2.25.